The number of hydrogen-bond donors (Lipinski definition) is 1. The fraction of sp³-hybridized carbons (Fsp3) is 0.787. The van der Waals surface area contributed by atoms with Crippen LogP contribution in [0.5, 0.6) is 0 Å². The van der Waals surface area contributed by atoms with Gasteiger partial charge in [-0.05, 0) is 292 Å². The Morgan fingerprint density at radius 2 is 0.549 bits per heavy atom. The van der Waals surface area contributed by atoms with Crippen LogP contribution in [0.2, 0.25) is 0 Å². The number of ether oxygens (including phenoxy) is 11. The lowest BCUT2D eigenvalue weighted by atomic mass is 9.90. The van der Waals surface area contributed by atoms with Crippen molar-refractivity contribution in [3.05, 3.63) is 29.1 Å². The topological polar surface area (TPSA) is 315 Å². The molecule has 584 valence electrons. The van der Waals surface area contributed by atoms with Gasteiger partial charge in [0, 0.05) is 17.5 Å². The van der Waals surface area contributed by atoms with Gasteiger partial charge in [0.25, 0.3) is 0 Å². The molecule has 0 saturated carbocycles. The quantitative estimate of drug-likeness (QED) is 0.0460. The van der Waals surface area contributed by atoms with Crippen LogP contribution >= 0.6 is 0 Å². The van der Waals surface area contributed by atoms with Crippen LogP contribution in [0.15, 0.2) is 12.4 Å². The molecule has 0 aliphatic carbocycles. The standard InChI is InChI=1S/C75H127N5O22/c1-65(2,3)92-54(81)50(76-58(85)96-69(13,14)15)38-34-35-44-77-45-47(40-42-52(56(83)94-67(7,8)9)79(61(88)99-72(22,23)24)62(89)100-73(25,26)27)49(37-36-39-51(55(82)93-66(4,5)6)78(59(86)97-70(16,17)18)60(87)98-71(19,20)21)48(46-77)41-43-53(57(84)95-68(10,11)12)80(63(90)101-74(28,29)30)64(91)102-75(31,32)33/h45-46,50-53H,34-44H2,1-33H3/p+1/t50-,51-,52-,53?/m0/s1. The number of hydrogen-bond acceptors (Lipinski definition) is 22. The summed E-state index contributed by atoms with van der Waals surface area (Å²) in [5.41, 5.74) is -11.3. The van der Waals surface area contributed by atoms with Gasteiger partial charge in [-0.25, -0.2) is 57.3 Å². The lowest BCUT2D eigenvalue weighted by Crippen LogP contribution is -2.53. The molecule has 0 aromatic carbocycles. The van der Waals surface area contributed by atoms with Crippen molar-refractivity contribution in [1.82, 2.24) is 20.0 Å². The molecule has 0 fully saturated rings. The van der Waals surface area contributed by atoms with Gasteiger partial charge in [0.2, 0.25) is 0 Å². The highest BCUT2D eigenvalue weighted by atomic mass is 16.6. The van der Waals surface area contributed by atoms with E-state index in [2.05, 4.69) is 5.32 Å². The van der Waals surface area contributed by atoms with Gasteiger partial charge in [0.15, 0.2) is 12.4 Å². The summed E-state index contributed by atoms with van der Waals surface area (Å²) in [6.07, 6.45) is -5.64. The molecule has 0 aliphatic rings. The molecule has 1 rings (SSSR count). The number of unbranched alkanes of at least 4 members (excludes halogenated alkanes) is 1. The second-order valence-electron chi connectivity index (χ2n) is 36.4. The first-order chi connectivity index (χ1) is 45.4. The molecule has 102 heavy (non-hydrogen) atoms. The molecule has 7 amide bonds. The minimum Gasteiger partial charge on any atom is -0.458 e. The molecule has 0 saturated heterocycles. The third kappa shape index (κ3) is 38.2. The molecule has 1 heterocycles. The summed E-state index contributed by atoms with van der Waals surface area (Å²) in [6.45, 7) is 53.2. The smallest absolute Gasteiger partial charge is 0.420 e. The van der Waals surface area contributed by atoms with E-state index in [9.17, 15) is 52.7 Å². The minimum absolute atomic E-state index is 0.0624. The minimum atomic E-state index is -1.76. The lowest BCUT2D eigenvalue weighted by molar-refractivity contribution is -0.698. The van der Waals surface area contributed by atoms with E-state index in [0.29, 0.717) is 37.8 Å². The second-order valence-corrected chi connectivity index (χ2v) is 36.4. The number of carbonyl (C=O) groups excluding carboxylic acids is 11. The molecule has 4 atom stereocenters. The number of carbonyl (C=O) groups is 11. The Balaban J connectivity index is 5.06. The number of esters is 4. The number of nitrogens with one attached hydrogen (secondary N) is 1. The van der Waals surface area contributed by atoms with Crippen molar-refractivity contribution in [2.24, 2.45) is 0 Å². The van der Waals surface area contributed by atoms with Crippen molar-refractivity contribution in [2.45, 2.75) is 385 Å². The van der Waals surface area contributed by atoms with Crippen molar-refractivity contribution >= 4 is 66.5 Å². The molecule has 1 N–H and O–H groups in total. The van der Waals surface area contributed by atoms with Crippen LogP contribution in [0.4, 0.5) is 33.6 Å². The van der Waals surface area contributed by atoms with Crippen LogP contribution in [-0.4, -0.2) is 167 Å². The number of pyridine rings is 1. The summed E-state index contributed by atoms with van der Waals surface area (Å²) in [5.74, 6) is -3.73. The highest BCUT2D eigenvalue weighted by Crippen LogP contribution is 2.31. The fourth-order valence-electron chi connectivity index (χ4n) is 9.47. The van der Waals surface area contributed by atoms with Crippen LogP contribution in [0.3, 0.4) is 0 Å². The average Bonchev–Trinajstić information content (AvgIpc) is 0.809. The average molecular weight is 1450 g/mol. The zero-order chi connectivity index (χ0) is 79.9. The van der Waals surface area contributed by atoms with E-state index >= 15 is 0 Å². The molecular formula is C75H128N5O22+. The van der Waals surface area contributed by atoms with Crippen molar-refractivity contribution < 1.29 is 109 Å². The largest absolute Gasteiger partial charge is 0.458 e. The van der Waals surface area contributed by atoms with Crippen LogP contribution in [-0.2, 0) is 97.1 Å². The number of imide groups is 3. The SMILES string of the molecule is CC(C)(C)OC(=O)N[C@@H](CCCC[n+]1cc(CCC(C(=O)OC(C)(C)C)N(C(=O)OC(C)(C)C)C(=O)OC(C)(C)C)c(CCC[C@@H](C(=O)OC(C)(C)C)N(C(=O)OC(C)(C)C)C(=O)OC(C)(C)C)c(CC[C@@H](C(=O)OC(C)(C)C)N(C(=O)OC(C)(C)C)C(=O)OC(C)(C)C)c1)C(=O)OC(C)(C)C. The first kappa shape index (κ1) is 92.5. The van der Waals surface area contributed by atoms with Crippen LogP contribution < -0.4 is 9.88 Å². The molecule has 1 aromatic heterocycles. The Hall–Kier alpha value is -7.48. The van der Waals surface area contributed by atoms with Crippen LogP contribution in [0.1, 0.15) is 290 Å². The second kappa shape index (κ2) is 35.8. The number of alkyl carbamates (subject to hydrolysis) is 1. The highest BCUT2D eigenvalue weighted by Gasteiger charge is 2.46. The normalized spacial score (nSPS) is 14.0. The maximum atomic E-state index is 14.9. The first-order valence-corrected chi connectivity index (χ1v) is 35.1. The van der Waals surface area contributed by atoms with Gasteiger partial charge >= 0.3 is 66.5 Å². The van der Waals surface area contributed by atoms with Gasteiger partial charge in [-0.2, -0.15) is 14.7 Å². The molecule has 27 heteroatoms. The Morgan fingerprint density at radius 1 is 0.304 bits per heavy atom. The summed E-state index contributed by atoms with van der Waals surface area (Å²) < 4.78 is 65.7. The van der Waals surface area contributed by atoms with Gasteiger partial charge in [0.1, 0.15) is 92.3 Å². The lowest BCUT2D eigenvalue weighted by Gasteiger charge is -2.34. The van der Waals surface area contributed by atoms with E-state index in [1.54, 1.807) is 245 Å². The zero-order valence-electron chi connectivity index (χ0n) is 68.0. The Bertz CT molecular complexity index is 2860. The van der Waals surface area contributed by atoms with Crippen molar-refractivity contribution in [1.29, 1.82) is 0 Å². The van der Waals surface area contributed by atoms with Gasteiger partial charge in [-0.15, -0.1) is 0 Å². The van der Waals surface area contributed by atoms with E-state index in [-0.39, 0.29) is 64.3 Å². The summed E-state index contributed by atoms with van der Waals surface area (Å²) in [5, 5.41) is 2.66. The monoisotopic (exact) mass is 1450 g/mol. The fourth-order valence-corrected chi connectivity index (χ4v) is 9.47. The molecule has 1 unspecified atom stereocenters. The zero-order valence-corrected chi connectivity index (χ0v) is 68.0. The van der Waals surface area contributed by atoms with E-state index in [1.807, 2.05) is 0 Å². The summed E-state index contributed by atoms with van der Waals surface area (Å²) in [6, 6.07) is -6.39. The number of rotatable bonds is 23. The summed E-state index contributed by atoms with van der Waals surface area (Å²) in [4.78, 5) is 160. The molecular weight excluding hydrogens is 1320 g/mol. The number of aromatic nitrogens is 1. The Morgan fingerprint density at radius 3 is 0.804 bits per heavy atom. The Kier molecular flexibility index (Phi) is 32.5. The number of nitrogens with zero attached hydrogens (tertiary/aromatic N) is 4. The number of aryl methyl sites for hydroxylation is 3. The maximum absolute atomic E-state index is 14.9. The van der Waals surface area contributed by atoms with E-state index in [1.165, 1.54) is 0 Å². The first-order valence-electron chi connectivity index (χ1n) is 35.1. The third-order valence-electron chi connectivity index (χ3n) is 12.8. The maximum Gasteiger partial charge on any atom is 0.420 e. The number of amides is 7. The third-order valence-corrected chi connectivity index (χ3v) is 12.8. The summed E-state index contributed by atoms with van der Waals surface area (Å²) in [7, 11) is 0. The van der Waals surface area contributed by atoms with Gasteiger partial charge < -0.3 is 57.4 Å². The van der Waals surface area contributed by atoms with Gasteiger partial charge in [-0.1, -0.05) is 0 Å². The van der Waals surface area contributed by atoms with Crippen molar-refractivity contribution in [2.75, 3.05) is 0 Å². The van der Waals surface area contributed by atoms with Gasteiger partial charge in [-0.3, -0.25) is 0 Å². The Labute approximate surface area is 607 Å². The molecule has 0 spiro atoms. The van der Waals surface area contributed by atoms with Crippen LogP contribution in [0, 0.1) is 0 Å². The van der Waals surface area contributed by atoms with Crippen molar-refractivity contribution in [3.63, 3.8) is 0 Å². The molecule has 0 radical (unpaired) electrons. The highest BCUT2D eigenvalue weighted by molar-refractivity contribution is 5.96. The van der Waals surface area contributed by atoms with E-state index in [0.717, 1.165) is 0 Å². The van der Waals surface area contributed by atoms with Crippen LogP contribution in [0.25, 0.3) is 0 Å². The summed E-state index contributed by atoms with van der Waals surface area (Å²) >= 11 is 0. The predicted octanol–water partition coefficient (Wildman–Crippen LogP) is 15.2. The van der Waals surface area contributed by atoms with Crippen molar-refractivity contribution in [3.8, 4) is 0 Å². The predicted molar refractivity (Wildman–Crippen MR) is 381 cm³/mol. The molecule has 1 aromatic rings. The van der Waals surface area contributed by atoms with E-state index < -0.39 is 152 Å². The molecule has 0 bridgehead atoms. The molecule has 0 aliphatic heterocycles. The van der Waals surface area contributed by atoms with Gasteiger partial charge in [0.05, 0.1) is 0 Å². The van der Waals surface area contributed by atoms with E-state index in [4.69, 9.17) is 52.1 Å². The molecule has 27 nitrogen and oxygen atoms in total.